The lowest BCUT2D eigenvalue weighted by Gasteiger charge is -2.37. The zero-order valence-corrected chi connectivity index (χ0v) is 29.2. The summed E-state index contributed by atoms with van der Waals surface area (Å²) in [5.74, 6) is -0.994. The highest BCUT2D eigenvalue weighted by molar-refractivity contribution is 5.82. The molecule has 0 radical (unpaired) electrons. The Kier molecular flexibility index (Phi) is 10.7. The maximum Gasteiger partial charge on any atom is 0.408 e. The SMILES string of the molecule is CC(C)(C)OC(=O)N[C@H]1c2ccccc2CC[C@H]1C(=O)NC1CCC(NC(=O)[C@@H]2CCc3ccccc3[C@@H]2NC(=O)OC(C)(C)C)CC1. The van der Waals surface area contributed by atoms with E-state index in [1.54, 1.807) is 0 Å². The maximum absolute atomic E-state index is 13.7. The van der Waals surface area contributed by atoms with Crippen LogP contribution < -0.4 is 21.3 Å². The van der Waals surface area contributed by atoms with E-state index in [0.29, 0.717) is 12.8 Å². The molecule has 4 N–H and O–H groups in total. The van der Waals surface area contributed by atoms with Gasteiger partial charge in [0.05, 0.1) is 23.9 Å². The van der Waals surface area contributed by atoms with E-state index in [0.717, 1.165) is 60.8 Å². The van der Waals surface area contributed by atoms with Crippen molar-refractivity contribution in [1.82, 2.24) is 21.3 Å². The largest absolute Gasteiger partial charge is 0.444 e. The molecule has 0 saturated heterocycles. The molecule has 0 heterocycles. The Balaban J connectivity index is 1.18. The average Bonchev–Trinajstić information content (AvgIpc) is 3.00. The van der Waals surface area contributed by atoms with Crippen LogP contribution in [0.2, 0.25) is 0 Å². The molecule has 0 spiro atoms. The summed E-state index contributed by atoms with van der Waals surface area (Å²) < 4.78 is 11.1. The molecule has 48 heavy (non-hydrogen) atoms. The Morgan fingerprint density at radius 1 is 0.542 bits per heavy atom. The summed E-state index contributed by atoms with van der Waals surface area (Å²) in [7, 11) is 0. The van der Waals surface area contributed by atoms with Crippen molar-refractivity contribution in [1.29, 1.82) is 0 Å². The monoisotopic (exact) mass is 660 g/mol. The second-order valence-corrected chi connectivity index (χ2v) is 15.5. The first-order valence-electron chi connectivity index (χ1n) is 17.4. The zero-order valence-electron chi connectivity index (χ0n) is 29.2. The minimum absolute atomic E-state index is 0.0202. The van der Waals surface area contributed by atoms with Gasteiger partial charge in [0.2, 0.25) is 11.8 Å². The molecule has 1 fully saturated rings. The van der Waals surface area contributed by atoms with Gasteiger partial charge in [-0.2, -0.15) is 0 Å². The number of aryl methyl sites for hydroxylation is 2. The molecule has 10 nitrogen and oxygen atoms in total. The van der Waals surface area contributed by atoms with Crippen molar-refractivity contribution >= 4 is 24.0 Å². The van der Waals surface area contributed by atoms with Crippen LogP contribution in [0.4, 0.5) is 9.59 Å². The highest BCUT2D eigenvalue weighted by Crippen LogP contribution is 2.37. The number of fused-ring (bicyclic) bond motifs is 2. The van der Waals surface area contributed by atoms with Crippen LogP contribution in [0.3, 0.4) is 0 Å². The molecular formula is C38H52N4O6. The molecule has 4 amide bonds. The third-order valence-corrected chi connectivity index (χ3v) is 9.47. The predicted molar refractivity (Wildman–Crippen MR) is 183 cm³/mol. The minimum Gasteiger partial charge on any atom is -0.444 e. The molecule has 10 heteroatoms. The summed E-state index contributed by atoms with van der Waals surface area (Å²) >= 11 is 0. The number of ether oxygens (including phenoxy) is 2. The van der Waals surface area contributed by atoms with Gasteiger partial charge in [0.25, 0.3) is 0 Å². The van der Waals surface area contributed by atoms with Crippen molar-refractivity contribution in [2.24, 2.45) is 11.8 Å². The van der Waals surface area contributed by atoms with E-state index in [-0.39, 0.29) is 23.9 Å². The molecule has 2 aromatic rings. The molecule has 0 aromatic heterocycles. The second kappa shape index (κ2) is 14.6. The smallest absolute Gasteiger partial charge is 0.408 e. The quantitative estimate of drug-likeness (QED) is 0.292. The molecule has 1 saturated carbocycles. The van der Waals surface area contributed by atoms with E-state index in [1.165, 1.54) is 0 Å². The summed E-state index contributed by atoms with van der Waals surface area (Å²) in [6.07, 6.45) is 4.62. The van der Waals surface area contributed by atoms with Gasteiger partial charge < -0.3 is 30.7 Å². The molecular weight excluding hydrogens is 608 g/mol. The minimum atomic E-state index is -0.652. The van der Waals surface area contributed by atoms with Gasteiger partial charge in [0.1, 0.15) is 11.2 Å². The summed E-state index contributed by atoms with van der Waals surface area (Å²) in [5, 5.41) is 12.5. The number of carbonyl (C=O) groups is 4. The fourth-order valence-corrected chi connectivity index (χ4v) is 7.31. The Labute approximate surface area is 284 Å². The van der Waals surface area contributed by atoms with Crippen LogP contribution in [-0.2, 0) is 31.9 Å². The topological polar surface area (TPSA) is 135 Å². The standard InChI is InChI=1S/C38H52N4O6/c1-37(2,3)47-35(45)41-31-27-13-9-7-11-23(27)15-21-29(31)33(43)39-25-17-19-26(20-18-25)40-34(44)30-22-16-24-12-8-10-14-28(24)32(30)42-36(46)48-38(4,5)6/h7-14,25-26,29-32H,15-22H2,1-6H3,(H,39,43)(H,40,44)(H,41,45)(H,42,46)/t25?,26?,29-,30-,31+,32+/m1/s1. The zero-order chi connectivity index (χ0) is 34.6. The van der Waals surface area contributed by atoms with Crippen LogP contribution in [0.1, 0.15) is 114 Å². The molecule has 3 aliphatic carbocycles. The van der Waals surface area contributed by atoms with Gasteiger partial charge in [0, 0.05) is 12.1 Å². The van der Waals surface area contributed by atoms with Crippen molar-refractivity contribution in [3.8, 4) is 0 Å². The summed E-state index contributed by atoms with van der Waals surface area (Å²) in [4.78, 5) is 53.0. The first-order chi connectivity index (χ1) is 22.7. The van der Waals surface area contributed by atoms with Crippen molar-refractivity contribution in [3.05, 3.63) is 70.8 Å². The lowest BCUT2D eigenvalue weighted by atomic mass is 9.78. The van der Waals surface area contributed by atoms with Gasteiger partial charge in [-0.3, -0.25) is 9.59 Å². The molecule has 5 rings (SSSR count). The van der Waals surface area contributed by atoms with Crippen molar-refractivity contribution < 1.29 is 28.7 Å². The van der Waals surface area contributed by atoms with E-state index in [2.05, 4.69) is 21.3 Å². The number of benzene rings is 2. The lowest BCUT2D eigenvalue weighted by Crippen LogP contribution is -2.50. The maximum atomic E-state index is 13.7. The number of amides is 4. The molecule has 0 bridgehead atoms. The van der Waals surface area contributed by atoms with E-state index in [9.17, 15) is 19.2 Å². The number of carbonyl (C=O) groups excluding carboxylic acids is 4. The predicted octanol–water partition coefficient (Wildman–Crippen LogP) is 6.19. The van der Waals surface area contributed by atoms with Gasteiger partial charge in [-0.05, 0) is 115 Å². The first-order valence-corrected chi connectivity index (χ1v) is 17.4. The third kappa shape index (κ3) is 9.08. The Morgan fingerprint density at radius 3 is 1.25 bits per heavy atom. The number of rotatable bonds is 6. The van der Waals surface area contributed by atoms with Gasteiger partial charge in [0.15, 0.2) is 0 Å². The van der Waals surface area contributed by atoms with Crippen LogP contribution in [0, 0.1) is 11.8 Å². The van der Waals surface area contributed by atoms with Crippen molar-refractivity contribution in [2.45, 2.75) is 128 Å². The molecule has 2 aromatic carbocycles. The molecule has 260 valence electrons. The van der Waals surface area contributed by atoms with Gasteiger partial charge in [-0.1, -0.05) is 48.5 Å². The van der Waals surface area contributed by atoms with Crippen molar-refractivity contribution in [3.63, 3.8) is 0 Å². The Hall–Kier alpha value is -4.08. The highest BCUT2D eigenvalue weighted by Gasteiger charge is 2.39. The van der Waals surface area contributed by atoms with Crippen LogP contribution in [0.25, 0.3) is 0 Å². The second-order valence-electron chi connectivity index (χ2n) is 15.5. The molecule has 0 unspecified atom stereocenters. The van der Waals surface area contributed by atoms with E-state index in [4.69, 9.17) is 9.47 Å². The molecule has 3 aliphatic rings. The van der Waals surface area contributed by atoms with E-state index in [1.807, 2.05) is 90.1 Å². The third-order valence-electron chi connectivity index (χ3n) is 9.47. The normalized spacial score (nSPS) is 25.4. The molecule has 0 aliphatic heterocycles. The summed E-state index contributed by atoms with van der Waals surface area (Å²) in [5.41, 5.74) is 2.85. The fraction of sp³-hybridized carbons (Fsp3) is 0.579. The van der Waals surface area contributed by atoms with Gasteiger partial charge in [-0.15, -0.1) is 0 Å². The number of alkyl carbamates (subject to hydrolysis) is 2. The molecule has 4 atom stereocenters. The lowest BCUT2D eigenvalue weighted by molar-refractivity contribution is -0.129. The number of nitrogens with one attached hydrogen (secondary N) is 4. The Morgan fingerprint density at radius 2 is 0.896 bits per heavy atom. The summed E-state index contributed by atoms with van der Waals surface area (Å²) in [6.45, 7) is 10.9. The number of hydrogen-bond acceptors (Lipinski definition) is 6. The van der Waals surface area contributed by atoms with Crippen molar-refractivity contribution in [2.75, 3.05) is 0 Å². The summed E-state index contributed by atoms with van der Waals surface area (Å²) in [6, 6.07) is 14.9. The average molecular weight is 661 g/mol. The van der Waals surface area contributed by atoms with E-state index >= 15 is 0 Å². The number of hydrogen-bond donors (Lipinski definition) is 4. The first kappa shape index (κ1) is 35.2. The van der Waals surface area contributed by atoms with Crippen LogP contribution >= 0.6 is 0 Å². The van der Waals surface area contributed by atoms with Gasteiger partial charge in [-0.25, -0.2) is 9.59 Å². The van der Waals surface area contributed by atoms with Crippen LogP contribution in [-0.4, -0.2) is 47.3 Å². The van der Waals surface area contributed by atoms with Crippen LogP contribution in [0.5, 0.6) is 0 Å². The van der Waals surface area contributed by atoms with E-state index < -0.39 is 47.3 Å². The Bertz CT molecular complexity index is 1370. The van der Waals surface area contributed by atoms with Gasteiger partial charge >= 0.3 is 12.2 Å². The highest BCUT2D eigenvalue weighted by atomic mass is 16.6. The fourth-order valence-electron chi connectivity index (χ4n) is 7.31. The van der Waals surface area contributed by atoms with Crippen LogP contribution in [0.15, 0.2) is 48.5 Å².